The molecular weight excluding hydrogens is 246 g/mol. The predicted molar refractivity (Wildman–Crippen MR) is 67.9 cm³/mol. The highest BCUT2D eigenvalue weighted by Crippen LogP contribution is 2.15. The van der Waals surface area contributed by atoms with Crippen LogP contribution in [0.3, 0.4) is 0 Å². The summed E-state index contributed by atoms with van der Waals surface area (Å²) in [4.78, 5) is 29.9. The standard InChI is InChI=1S/C12H19N5O2/c1-4-5-9-12(19)17(8(2)11(18)15-9)6-10-13-7-14-16(10)3/h7-9H,4-6H2,1-3H3,(H,15,18). The maximum absolute atomic E-state index is 12.4. The summed E-state index contributed by atoms with van der Waals surface area (Å²) in [6, 6.07) is -0.890. The number of nitrogens with zero attached hydrogens (tertiary/aromatic N) is 4. The number of hydrogen-bond acceptors (Lipinski definition) is 4. The van der Waals surface area contributed by atoms with E-state index >= 15 is 0 Å². The van der Waals surface area contributed by atoms with Gasteiger partial charge in [-0.15, -0.1) is 0 Å². The summed E-state index contributed by atoms with van der Waals surface area (Å²) in [7, 11) is 1.77. The van der Waals surface area contributed by atoms with Gasteiger partial charge < -0.3 is 10.2 Å². The minimum absolute atomic E-state index is 0.0445. The first kappa shape index (κ1) is 13.5. The van der Waals surface area contributed by atoms with Gasteiger partial charge in [-0.2, -0.15) is 5.10 Å². The molecule has 2 unspecified atom stereocenters. The average molecular weight is 265 g/mol. The Kier molecular flexibility index (Phi) is 3.82. The van der Waals surface area contributed by atoms with Crippen molar-refractivity contribution in [1.82, 2.24) is 25.0 Å². The average Bonchev–Trinajstić information content (AvgIpc) is 2.77. The number of hydrogen-bond donors (Lipinski definition) is 1. The number of piperazine rings is 1. The van der Waals surface area contributed by atoms with Crippen molar-refractivity contribution in [2.24, 2.45) is 7.05 Å². The largest absolute Gasteiger partial charge is 0.343 e. The first-order chi connectivity index (χ1) is 9.04. The molecule has 1 N–H and O–H groups in total. The van der Waals surface area contributed by atoms with Crippen molar-refractivity contribution in [1.29, 1.82) is 0 Å². The van der Waals surface area contributed by atoms with Crippen LogP contribution in [0.15, 0.2) is 6.33 Å². The molecule has 2 rings (SSSR count). The smallest absolute Gasteiger partial charge is 0.246 e. The van der Waals surface area contributed by atoms with Crippen molar-refractivity contribution in [3.63, 3.8) is 0 Å². The van der Waals surface area contributed by atoms with Crippen molar-refractivity contribution in [3.05, 3.63) is 12.2 Å². The van der Waals surface area contributed by atoms with E-state index in [0.29, 0.717) is 18.8 Å². The molecule has 2 atom stereocenters. The predicted octanol–water partition coefficient (Wildman–Crippen LogP) is -0.169. The van der Waals surface area contributed by atoms with Crippen molar-refractivity contribution in [3.8, 4) is 0 Å². The van der Waals surface area contributed by atoms with Gasteiger partial charge in [0.25, 0.3) is 0 Å². The van der Waals surface area contributed by atoms with Crippen LogP contribution in [0.4, 0.5) is 0 Å². The lowest BCUT2D eigenvalue weighted by Crippen LogP contribution is -2.62. The fourth-order valence-electron chi connectivity index (χ4n) is 2.20. The van der Waals surface area contributed by atoms with Gasteiger partial charge in [-0.05, 0) is 13.3 Å². The minimum atomic E-state index is -0.475. The van der Waals surface area contributed by atoms with Crippen molar-refractivity contribution in [2.75, 3.05) is 0 Å². The number of amides is 2. The SMILES string of the molecule is CCCC1NC(=O)C(C)N(Cc2ncnn2C)C1=O. The zero-order valence-electron chi connectivity index (χ0n) is 11.5. The molecule has 0 saturated carbocycles. The number of aryl methyl sites for hydroxylation is 1. The van der Waals surface area contributed by atoms with E-state index in [2.05, 4.69) is 15.4 Å². The van der Waals surface area contributed by atoms with Crippen molar-refractivity contribution < 1.29 is 9.59 Å². The molecule has 104 valence electrons. The van der Waals surface area contributed by atoms with E-state index in [1.165, 1.54) is 6.33 Å². The van der Waals surface area contributed by atoms with E-state index in [1.54, 1.807) is 23.6 Å². The van der Waals surface area contributed by atoms with Gasteiger partial charge in [0.05, 0.1) is 6.54 Å². The molecule has 2 amide bonds. The zero-order chi connectivity index (χ0) is 14.0. The number of rotatable bonds is 4. The van der Waals surface area contributed by atoms with E-state index in [9.17, 15) is 9.59 Å². The van der Waals surface area contributed by atoms with Gasteiger partial charge in [0, 0.05) is 7.05 Å². The van der Waals surface area contributed by atoms with Crippen LogP contribution < -0.4 is 5.32 Å². The molecule has 1 aliphatic heterocycles. The summed E-state index contributed by atoms with van der Waals surface area (Å²) in [6.07, 6.45) is 2.95. The molecule has 2 heterocycles. The summed E-state index contributed by atoms with van der Waals surface area (Å²) in [5.41, 5.74) is 0. The topological polar surface area (TPSA) is 80.1 Å². The van der Waals surface area contributed by atoms with E-state index in [0.717, 1.165) is 6.42 Å². The van der Waals surface area contributed by atoms with Gasteiger partial charge in [0.15, 0.2) is 0 Å². The Morgan fingerprint density at radius 3 is 2.74 bits per heavy atom. The Morgan fingerprint density at radius 1 is 1.42 bits per heavy atom. The second-order valence-corrected chi connectivity index (χ2v) is 4.79. The summed E-state index contributed by atoms with van der Waals surface area (Å²) in [6.45, 7) is 4.03. The molecular formula is C12H19N5O2. The molecule has 0 radical (unpaired) electrons. The molecule has 0 bridgehead atoms. The quantitative estimate of drug-likeness (QED) is 0.819. The zero-order valence-corrected chi connectivity index (χ0v) is 11.5. The molecule has 1 aliphatic rings. The Morgan fingerprint density at radius 2 is 2.16 bits per heavy atom. The van der Waals surface area contributed by atoms with Crippen LogP contribution in [0.5, 0.6) is 0 Å². The molecule has 1 saturated heterocycles. The third-order valence-electron chi connectivity index (χ3n) is 3.44. The number of aromatic nitrogens is 3. The summed E-state index contributed by atoms with van der Waals surface area (Å²) in [5.74, 6) is 0.516. The van der Waals surface area contributed by atoms with Gasteiger partial charge in [0.2, 0.25) is 11.8 Å². The lowest BCUT2D eigenvalue weighted by Gasteiger charge is -2.37. The first-order valence-corrected chi connectivity index (χ1v) is 6.48. The monoisotopic (exact) mass is 265 g/mol. The van der Waals surface area contributed by atoms with Crippen molar-refractivity contribution in [2.45, 2.75) is 45.3 Å². The highest BCUT2D eigenvalue weighted by molar-refractivity contribution is 5.96. The Bertz CT molecular complexity index is 484. The summed E-state index contributed by atoms with van der Waals surface area (Å²) >= 11 is 0. The molecule has 0 spiro atoms. The summed E-state index contributed by atoms with van der Waals surface area (Å²) in [5, 5.41) is 6.74. The van der Waals surface area contributed by atoms with Crippen LogP contribution in [0, 0.1) is 0 Å². The van der Waals surface area contributed by atoms with E-state index < -0.39 is 12.1 Å². The molecule has 0 aromatic carbocycles. The Hall–Kier alpha value is -1.92. The van der Waals surface area contributed by atoms with E-state index in [-0.39, 0.29) is 11.8 Å². The highest BCUT2D eigenvalue weighted by Gasteiger charge is 2.37. The van der Waals surface area contributed by atoms with Gasteiger partial charge in [0.1, 0.15) is 24.2 Å². The van der Waals surface area contributed by atoms with E-state index in [1.807, 2.05) is 6.92 Å². The highest BCUT2D eigenvalue weighted by atomic mass is 16.2. The normalized spacial score (nSPS) is 23.6. The first-order valence-electron chi connectivity index (χ1n) is 6.48. The van der Waals surface area contributed by atoms with Gasteiger partial charge in [-0.1, -0.05) is 13.3 Å². The van der Waals surface area contributed by atoms with Crippen LogP contribution in [-0.2, 0) is 23.2 Å². The number of carbonyl (C=O) groups is 2. The van der Waals surface area contributed by atoms with E-state index in [4.69, 9.17) is 0 Å². The molecule has 7 nitrogen and oxygen atoms in total. The third kappa shape index (κ3) is 2.59. The fourth-order valence-corrected chi connectivity index (χ4v) is 2.20. The molecule has 1 aromatic heterocycles. The molecule has 1 aromatic rings. The summed E-state index contributed by atoms with van der Waals surface area (Å²) < 4.78 is 1.61. The second kappa shape index (κ2) is 5.38. The maximum Gasteiger partial charge on any atom is 0.246 e. The number of nitrogens with one attached hydrogen (secondary N) is 1. The van der Waals surface area contributed by atoms with Gasteiger partial charge >= 0.3 is 0 Å². The van der Waals surface area contributed by atoms with Crippen LogP contribution in [0.2, 0.25) is 0 Å². The van der Waals surface area contributed by atoms with Crippen LogP contribution in [0.25, 0.3) is 0 Å². The Labute approximate surface area is 112 Å². The Balaban J connectivity index is 2.18. The van der Waals surface area contributed by atoms with Crippen LogP contribution in [-0.4, -0.2) is 43.6 Å². The van der Waals surface area contributed by atoms with Crippen LogP contribution in [0.1, 0.15) is 32.5 Å². The molecule has 7 heteroatoms. The fraction of sp³-hybridized carbons (Fsp3) is 0.667. The van der Waals surface area contributed by atoms with Crippen molar-refractivity contribution >= 4 is 11.8 Å². The minimum Gasteiger partial charge on any atom is -0.343 e. The lowest BCUT2D eigenvalue weighted by molar-refractivity contribution is -0.149. The number of carbonyl (C=O) groups excluding carboxylic acids is 2. The van der Waals surface area contributed by atoms with Crippen LogP contribution >= 0.6 is 0 Å². The second-order valence-electron chi connectivity index (χ2n) is 4.79. The third-order valence-corrected chi connectivity index (χ3v) is 3.44. The lowest BCUT2D eigenvalue weighted by atomic mass is 10.0. The molecule has 1 fully saturated rings. The maximum atomic E-state index is 12.4. The molecule has 19 heavy (non-hydrogen) atoms. The molecule has 0 aliphatic carbocycles. The van der Waals surface area contributed by atoms with Gasteiger partial charge in [-0.25, -0.2) is 4.98 Å². The van der Waals surface area contributed by atoms with Gasteiger partial charge in [-0.3, -0.25) is 14.3 Å².